The molecule has 0 fully saturated rings. The van der Waals surface area contributed by atoms with Crippen LogP contribution in [0.1, 0.15) is 19.4 Å². The number of nitrogens with two attached hydrogens (primary N) is 1. The van der Waals surface area contributed by atoms with Crippen molar-refractivity contribution in [3.05, 3.63) is 23.8 Å². The predicted molar refractivity (Wildman–Crippen MR) is 58.6 cm³/mol. The maximum Gasteiger partial charge on any atom is 0.142 e. The van der Waals surface area contributed by atoms with Crippen LogP contribution in [0.3, 0.4) is 0 Å². The molecule has 0 aliphatic carbocycles. The molecular formula is C10H16ClNO. The zero-order valence-corrected chi connectivity index (χ0v) is 9.02. The van der Waals surface area contributed by atoms with Gasteiger partial charge in [0.05, 0.1) is 11.8 Å². The lowest BCUT2D eigenvalue weighted by Gasteiger charge is -2.11. The Morgan fingerprint density at radius 1 is 1.31 bits per heavy atom. The number of hydrogen-bond donors (Lipinski definition) is 1. The first-order valence-electron chi connectivity index (χ1n) is 4.12. The van der Waals surface area contributed by atoms with Gasteiger partial charge >= 0.3 is 0 Å². The molecule has 2 nitrogen and oxygen atoms in total. The van der Waals surface area contributed by atoms with E-state index < -0.39 is 0 Å². The van der Waals surface area contributed by atoms with Gasteiger partial charge in [-0.15, -0.1) is 12.4 Å². The van der Waals surface area contributed by atoms with Crippen LogP contribution in [0.2, 0.25) is 0 Å². The number of nitrogen functional groups attached to an aromatic ring is 1. The lowest BCUT2D eigenvalue weighted by atomic mass is 10.2. The first-order chi connectivity index (χ1) is 5.59. The molecule has 0 heterocycles. The molecule has 0 saturated heterocycles. The highest BCUT2D eigenvalue weighted by Gasteiger charge is 2.01. The minimum atomic E-state index is 0. The van der Waals surface area contributed by atoms with Crippen molar-refractivity contribution in [3.63, 3.8) is 0 Å². The van der Waals surface area contributed by atoms with Gasteiger partial charge in [-0.1, -0.05) is 6.07 Å². The summed E-state index contributed by atoms with van der Waals surface area (Å²) in [5.74, 6) is 0.774. The SMILES string of the molecule is Cc1ccc(OC(C)C)c(N)c1.Cl. The van der Waals surface area contributed by atoms with Crippen LogP contribution in [0.4, 0.5) is 5.69 Å². The summed E-state index contributed by atoms with van der Waals surface area (Å²) in [5.41, 5.74) is 7.61. The third-order valence-electron chi connectivity index (χ3n) is 1.53. The molecule has 0 aliphatic heterocycles. The smallest absolute Gasteiger partial charge is 0.142 e. The van der Waals surface area contributed by atoms with E-state index in [1.165, 1.54) is 0 Å². The third kappa shape index (κ3) is 3.55. The average molecular weight is 202 g/mol. The average Bonchev–Trinajstić information content (AvgIpc) is 1.94. The van der Waals surface area contributed by atoms with Crippen molar-refractivity contribution in [2.75, 3.05) is 5.73 Å². The molecule has 1 aromatic rings. The first-order valence-corrected chi connectivity index (χ1v) is 4.12. The Morgan fingerprint density at radius 2 is 1.92 bits per heavy atom. The number of benzene rings is 1. The second-order valence-corrected chi connectivity index (χ2v) is 3.21. The van der Waals surface area contributed by atoms with Crippen LogP contribution >= 0.6 is 12.4 Å². The molecular weight excluding hydrogens is 186 g/mol. The van der Waals surface area contributed by atoms with Crippen LogP contribution in [0.25, 0.3) is 0 Å². The lowest BCUT2D eigenvalue weighted by Crippen LogP contribution is -2.07. The highest BCUT2D eigenvalue weighted by Crippen LogP contribution is 2.22. The molecule has 0 saturated carbocycles. The van der Waals surface area contributed by atoms with Gasteiger partial charge in [0.15, 0.2) is 0 Å². The molecule has 2 N–H and O–H groups in total. The molecule has 0 amide bonds. The predicted octanol–water partition coefficient (Wildman–Crippen LogP) is 2.79. The molecule has 0 aliphatic rings. The van der Waals surface area contributed by atoms with E-state index in [0.29, 0.717) is 5.69 Å². The van der Waals surface area contributed by atoms with E-state index in [9.17, 15) is 0 Å². The Labute approximate surface area is 85.5 Å². The van der Waals surface area contributed by atoms with Gasteiger partial charge in [0.25, 0.3) is 0 Å². The molecule has 0 radical (unpaired) electrons. The summed E-state index contributed by atoms with van der Waals surface area (Å²) in [6.45, 7) is 5.98. The Bertz CT molecular complexity index is 274. The summed E-state index contributed by atoms with van der Waals surface area (Å²) in [7, 11) is 0. The van der Waals surface area contributed by atoms with Gasteiger partial charge in [0, 0.05) is 0 Å². The van der Waals surface area contributed by atoms with Gasteiger partial charge < -0.3 is 10.5 Å². The number of hydrogen-bond acceptors (Lipinski definition) is 2. The van der Waals surface area contributed by atoms with Gasteiger partial charge in [-0.05, 0) is 38.5 Å². The Hall–Kier alpha value is -0.890. The van der Waals surface area contributed by atoms with Crippen LogP contribution in [0, 0.1) is 6.92 Å². The molecule has 0 atom stereocenters. The summed E-state index contributed by atoms with van der Waals surface area (Å²) in [4.78, 5) is 0. The maximum atomic E-state index is 5.74. The second-order valence-electron chi connectivity index (χ2n) is 3.21. The summed E-state index contributed by atoms with van der Waals surface area (Å²) < 4.78 is 5.47. The molecule has 0 spiro atoms. The van der Waals surface area contributed by atoms with Crippen molar-refractivity contribution < 1.29 is 4.74 Å². The Morgan fingerprint density at radius 3 is 2.38 bits per heavy atom. The number of rotatable bonds is 2. The first kappa shape index (κ1) is 12.1. The van der Waals surface area contributed by atoms with Crippen LogP contribution in [0.15, 0.2) is 18.2 Å². The zero-order valence-electron chi connectivity index (χ0n) is 8.20. The van der Waals surface area contributed by atoms with Crippen LogP contribution in [-0.4, -0.2) is 6.10 Å². The second kappa shape index (κ2) is 4.97. The minimum Gasteiger partial charge on any atom is -0.489 e. The van der Waals surface area contributed by atoms with E-state index in [-0.39, 0.29) is 18.5 Å². The van der Waals surface area contributed by atoms with Gasteiger partial charge in [0.1, 0.15) is 5.75 Å². The lowest BCUT2D eigenvalue weighted by molar-refractivity contribution is 0.244. The van der Waals surface area contributed by atoms with Gasteiger partial charge in [-0.2, -0.15) is 0 Å². The van der Waals surface area contributed by atoms with E-state index in [1.807, 2.05) is 39.0 Å². The number of ether oxygens (including phenoxy) is 1. The fraction of sp³-hybridized carbons (Fsp3) is 0.400. The van der Waals surface area contributed by atoms with Crippen LogP contribution < -0.4 is 10.5 Å². The van der Waals surface area contributed by atoms with Gasteiger partial charge in [0.2, 0.25) is 0 Å². The van der Waals surface area contributed by atoms with E-state index in [4.69, 9.17) is 10.5 Å². The van der Waals surface area contributed by atoms with Crippen molar-refractivity contribution in [3.8, 4) is 5.75 Å². The molecule has 0 unspecified atom stereocenters. The molecule has 3 heteroatoms. The largest absolute Gasteiger partial charge is 0.489 e. The highest BCUT2D eigenvalue weighted by molar-refractivity contribution is 5.85. The summed E-state index contributed by atoms with van der Waals surface area (Å²) >= 11 is 0. The number of anilines is 1. The Kier molecular flexibility index (Phi) is 4.63. The summed E-state index contributed by atoms with van der Waals surface area (Å²) in [5, 5.41) is 0. The Balaban J connectivity index is 0.00000144. The van der Waals surface area contributed by atoms with Crippen molar-refractivity contribution >= 4 is 18.1 Å². The maximum absolute atomic E-state index is 5.74. The fourth-order valence-corrected chi connectivity index (χ4v) is 1.03. The van der Waals surface area contributed by atoms with E-state index in [2.05, 4.69) is 0 Å². The third-order valence-corrected chi connectivity index (χ3v) is 1.53. The fourth-order valence-electron chi connectivity index (χ4n) is 1.03. The quantitative estimate of drug-likeness (QED) is 0.747. The molecule has 13 heavy (non-hydrogen) atoms. The normalized spacial score (nSPS) is 9.54. The van der Waals surface area contributed by atoms with E-state index >= 15 is 0 Å². The zero-order chi connectivity index (χ0) is 9.14. The van der Waals surface area contributed by atoms with Crippen molar-refractivity contribution in [1.29, 1.82) is 0 Å². The summed E-state index contributed by atoms with van der Waals surface area (Å²) in [6, 6.07) is 5.82. The van der Waals surface area contributed by atoms with Crippen molar-refractivity contribution in [1.82, 2.24) is 0 Å². The van der Waals surface area contributed by atoms with Gasteiger partial charge in [-0.25, -0.2) is 0 Å². The molecule has 0 aromatic heterocycles. The molecule has 1 rings (SSSR count). The molecule has 0 bridgehead atoms. The van der Waals surface area contributed by atoms with Crippen LogP contribution in [-0.2, 0) is 0 Å². The topological polar surface area (TPSA) is 35.2 Å². The van der Waals surface area contributed by atoms with E-state index in [0.717, 1.165) is 11.3 Å². The number of aryl methyl sites for hydroxylation is 1. The van der Waals surface area contributed by atoms with Crippen LogP contribution in [0.5, 0.6) is 5.75 Å². The van der Waals surface area contributed by atoms with E-state index in [1.54, 1.807) is 0 Å². The molecule has 1 aromatic carbocycles. The van der Waals surface area contributed by atoms with Crippen molar-refractivity contribution in [2.45, 2.75) is 26.9 Å². The molecule has 74 valence electrons. The number of halogens is 1. The summed E-state index contributed by atoms with van der Waals surface area (Å²) in [6.07, 6.45) is 0.176. The standard InChI is InChI=1S/C10H15NO.ClH/c1-7(2)12-10-5-4-8(3)6-9(10)11;/h4-7H,11H2,1-3H3;1H. The van der Waals surface area contributed by atoms with Gasteiger partial charge in [-0.3, -0.25) is 0 Å². The minimum absolute atomic E-state index is 0. The highest BCUT2D eigenvalue weighted by atomic mass is 35.5. The monoisotopic (exact) mass is 201 g/mol. The van der Waals surface area contributed by atoms with Crippen molar-refractivity contribution in [2.24, 2.45) is 0 Å².